The second-order valence-corrected chi connectivity index (χ2v) is 7.75. The van der Waals surface area contributed by atoms with Crippen LogP contribution in [0.3, 0.4) is 0 Å². The molecule has 170 valence electrons. The fourth-order valence-electron chi connectivity index (χ4n) is 3.81. The molecule has 1 N–H and O–H groups in total. The van der Waals surface area contributed by atoms with Crippen LogP contribution in [-0.2, 0) is 6.42 Å². The van der Waals surface area contributed by atoms with Gasteiger partial charge >= 0.3 is 6.36 Å². The second kappa shape index (κ2) is 8.97. The molecule has 5 nitrogen and oxygen atoms in total. The average molecular weight is 454 g/mol. The minimum atomic E-state index is -4.78. The zero-order chi connectivity index (χ0) is 23.6. The van der Waals surface area contributed by atoms with E-state index in [4.69, 9.17) is 0 Å². The van der Waals surface area contributed by atoms with Crippen molar-refractivity contribution < 1.29 is 27.5 Å². The lowest BCUT2D eigenvalue weighted by molar-refractivity contribution is -0.274. The first kappa shape index (κ1) is 22.4. The van der Waals surface area contributed by atoms with Crippen molar-refractivity contribution in [3.8, 4) is 5.75 Å². The van der Waals surface area contributed by atoms with E-state index in [9.17, 15) is 22.8 Å². The molecule has 1 aliphatic heterocycles. The predicted molar refractivity (Wildman–Crippen MR) is 119 cm³/mol. The molecular weight excluding hydrogens is 433 g/mol. The van der Waals surface area contributed by atoms with E-state index in [-0.39, 0.29) is 17.6 Å². The van der Waals surface area contributed by atoms with Gasteiger partial charge in [-0.3, -0.25) is 9.59 Å². The van der Waals surface area contributed by atoms with Gasteiger partial charge in [0.25, 0.3) is 11.8 Å². The minimum Gasteiger partial charge on any atom is -0.406 e. The number of benzene rings is 3. The lowest BCUT2D eigenvalue weighted by atomic mass is 10.00. The summed E-state index contributed by atoms with van der Waals surface area (Å²) in [5.74, 6) is -0.892. The largest absolute Gasteiger partial charge is 0.573 e. The van der Waals surface area contributed by atoms with Crippen LogP contribution in [0.15, 0.2) is 66.7 Å². The summed E-state index contributed by atoms with van der Waals surface area (Å²) in [6, 6.07) is 17.8. The second-order valence-electron chi connectivity index (χ2n) is 7.75. The third kappa shape index (κ3) is 5.16. The van der Waals surface area contributed by atoms with Crippen LogP contribution in [0.25, 0.3) is 0 Å². The number of carbonyl (C=O) groups excluding carboxylic acids is 2. The number of nitrogens with zero attached hydrogens (tertiary/aromatic N) is 1. The number of hydrogen-bond acceptors (Lipinski definition) is 3. The molecule has 8 heteroatoms. The maximum atomic E-state index is 13.3. The number of amides is 2. The van der Waals surface area contributed by atoms with Crippen LogP contribution in [0, 0.1) is 6.92 Å². The average Bonchev–Trinajstić information content (AvgIpc) is 2.79. The summed E-state index contributed by atoms with van der Waals surface area (Å²) in [6.45, 7) is 2.26. The lowest BCUT2D eigenvalue weighted by Crippen LogP contribution is -2.35. The molecule has 2 amide bonds. The Bertz CT molecular complexity index is 1190. The van der Waals surface area contributed by atoms with Crippen molar-refractivity contribution in [2.24, 2.45) is 0 Å². The van der Waals surface area contributed by atoms with Gasteiger partial charge in [-0.25, -0.2) is 0 Å². The molecule has 0 bridgehead atoms. The van der Waals surface area contributed by atoms with Gasteiger partial charge in [0.15, 0.2) is 0 Å². The minimum absolute atomic E-state index is 0.288. The van der Waals surface area contributed by atoms with Crippen molar-refractivity contribution in [1.82, 2.24) is 0 Å². The lowest BCUT2D eigenvalue weighted by Gasteiger charge is -2.30. The SMILES string of the molecule is Cc1ccc(C(=O)N2CCCc3cc(OC(F)(F)F)ccc32)cc1NC(=O)c1ccccc1. The standard InChI is InChI=1S/C25H21F3N2O3/c1-16-9-10-19(15-21(16)29-23(31)17-6-3-2-4-7-17)24(32)30-13-5-8-18-14-20(11-12-22(18)30)33-25(26,27)28/h2-4,6-7,9-12,14-15H,5,8,13H2,1H3,(H,29,31). The van der Waals surface area contributed by atoms with E-state index in [0.29, 0.717) is 47.5 Å². The number of rotatable bonds is 4. The molecule has 0 saturated heterocycles. The van der Waals surface area contributed by atoms with Gasteiger partial charge in [0, 0.05) is 29.0 Å². The first-order valence-electron chi connectivity index (χ1n) is 10.4. The molecule has 0 aromatic heterocycles. The number of ether oxygens (including phenoxy) is 1. The summed E-state index contributed by atoms with van der Waals surface area (Å²) in [6.07, 6.45) is -3.63. The van der Waals surface area contributed by atoms with Crippen LogP contribution in [0.5, 0.6) is 5.75 Å². The predicted octanol–water partition coefficient (Wildman–Crippen LogP) is 5.74. The number of aryl methyl sites for hydroxylation is 2. The van der Waals surface area contributed by atoms with Gasteiger partial charge in [-0.05, 0) is 73.4 Å². The van der Waals surface area contributed by atoms with Crippen molar-refractivity contribution in [1.29, 1.82) is 0 Å². The summed E-state index contributed by atoms with van der Waals surface area (Å²) >= 11 is 0. The number of alkyl halides is 3. The van der Waals surface area contributed by atoms with Crippen molar-refractivity contribution in [3.63, 3.8) is 0 Å². The van der Waals surface area contributed by atoms with E-state index < -0.39 is 6.36 Å². The van der Waals surface area contributed by atoms with Gasteiger partial charge in [0.05, 0.1) is 0 Å². The van der Waals surface area contributed by atoms with Crippen molar-refractivity contribution in [2.45, 2.75) is 26.1 Å². The van der Waals surface area contributed by atoms with Crippen LogP contribution in [0.2, 0.25) is 0 Å². The highest BCUT2D eigenvalue weighted by Gasteiger charge is 2.32. The summed E-state index contributed by atoms with van der Waals surface area (Å²) in [5.41, 5.74) is 3.34. The van der Waals surface area contributed by atoms with E-state index in [1.54, 1.807) is 47.4 Å². The van der Waals surface area contributed by atoms with Crippen LogP contribution in [-0.4, -0.2) is 24.7 Å². The first-order valence-corrected chi connectivity index (χ1v) is 10.4. The molecule has 0 unspecified atom stereocenters. The van der Waals surface area contributed by atoms with E-state index in [2.05, 4.69) is 10.1 Å². The van der Waals surface area contributed by atoms with Crippen molar-refractivity contribution >= 4 is 23.2 Å². The Kier molecular flexibility index (Phi) is 6.09. The van der Waals surface area contributed by atoms with Crippen molar-refractivity contribution in [3.05, 3.63) is 89.0 Å². The third-order valence-electron chi connectivity index (χ3n) is 5.42. The number of fused-ring (bicyclic) bond motifs is 1. The molecule has 0 spiro atoms. The van der Waals surface area contributed by atoms with E-state index >= 15 is 0 Å². The smallest absolute Gasteiger partial charge is 0.406 e. The van der Waals surface area contributed by atoms with E-state index in [0.717, 1.165) is 5.56 Å². The maximum Gasteiger partial charge on any atom is 0.573 e. The topological polar surface area (TPSA) is 58.6 Å². The highest BCUT2D eigenvalue weighted by atomic mass is 19.4. The normalized spacial score (nSPS) is 13.3. The molecule has 1 heterocycles. The van der Waals surface area contributed by atoms with Crippen LogP contribution in [0.1, 0.15) is 38.3 Å². The summed E-state index contributed by atoms with van der Waals surface area (Å²) in [5, 5.41) is 2.84. The molecule has 3 aromatic carbocycles. The summed E-state index contributed by atoms with van der Waals surface area (Å²) < 4.78 is 41.7. The van der Waals surface area contributed by atoms with E-state index in [1.807, 2.05) is 13.0 Å². The number of halogens is 3. The third-order valence-corrected chi connectivity index (χ3v) is 5.42. The Morgan fingerprint density at radius 1 is 0.970 bits per heavy atom. The van der Waals surface area contributed by atoms with Gasteiger partial charge in [-0.15, -0.1) is 13.2 Å². The highest BCUT2D eigenvalue weighted by molar-refractivity contribution is 6.09. The Labute approximate surface area is 188 Å². The molecule has 0 atom stereocenters. The molecule has 0 aliphatic carbocycles. The summed E-state index contributed by atoms with van der Waals surface area (Å²) in [4.78, 5) is 27.4. The zero-order valence-electron chi connectivity index (χ0n) is 17.8. The Morgan fingerprint density at radius 2 is 1.73 bits per heavy atom. The molecule has 0 radical (unpaired) electrons. The molecular formula is C25H21F3N2O3. The Balaban J connectivity index is 1.58. The van der Waals surface area contributed by atoms with Crippen LogP contribution >= 0.6 is 0 Å². The summed E-state index contributed by atoms with van der Waals surface area (Å²) in [7, 11) is 0. The molecule has 4 rings (SSSR count). The van der Waals surface area contributed by atoms with Gasteiger partial charge in [-0.2, -0.15) is 0 Å². The highest BCUT2D eigenvalue weighted by Crippen LogP contribution is 2.34. The Hall–Kier alpha value is -3.81. The molecule has 0 fully saturated rings. The fraction of sp³-hybridized carbons (Fsp3) is 0.200. The van der Waals surface area contributed by atoms with Gasteiger partial charge in [-0.1, -0.05) is 24.3 Å². The molecule has 1 aliphatic rings. The van der Waals surface area contributed by atoms with E-state index in [1.165, 1.54) is 18.2 Å². The fourth-order valence-corrected chi connectivity index (χ4v) is 3.81. The van der Waals surface area contributed by atoms with Crippen LogP contribution < -0.4 is 15.0 Å². The van der Waals surface area contributed by atoms with Gasteiger partial charge < -0.3 is 15.0 Å². The number of hydrogen-bond donors (Lipinski definition) is 1. The maximum absolute atomic E-state index is 13.3. The molecule has 3 aromatic rings. The quantitative estimate of drug-likeness (QED) is 0.547. The van der Waals surface area contributed by atoms with Gasteiger partial charge in [0.1, 0.15) is 5.75 Å². The zero-order valence-corrected chi connectivity index (χ0v) is 17.8. The first-order chi connectivity index (χ1) is 15.7. The van der Waals surface area contributed by atoms with Crippen LogP contribution in [0.4, 0.5) is 24.5 Å². The van der Waals surface area contributed by atoms with Gasteiger partial charge in [0.2, 0.25) is 0 Å². The Morgan fingerprint density at radius 3 is 2.45 bits per heavy atom. The van der Waals surface area contributed by atoms with Crippen molar-refractivity contribution in [2.75, 3.05) is 16.8 Å². The number of carbonyl (C=O) groups is 2. The number of nitrogens with one attached hydrogen (secondary N) is 1. The monoisotopic (exact) mass is 454 g/mol. The molecule has 0 saturated carbocycles. The molecule has 33 heavy (non-hydrogen) atoms. The number of anilines is 2.